The predicted molar refractivity (Wildman–Crippen MR) is 47.8 cm³/mol. The van der Waals surface area contributed by atoms with E-state index in [1.807, 2.05) is 0 Å². The summed E-state index contributed by atoms with van der Waals surface area (Å²) in [5, 5.41) is 11.4. The van der Waals surface area contributed by atoms with Gasteiger partial charge in [0, 0.05) is 12.3 Å². The Morgan fingerprint density at radius 1 is 1.50 bits per heavy atom. The number of hydrogen-bond acceptors (Lipinski definition) is 2. The molecule has 0 radical (unpaired) electrons. The number of aliphatic carboxylic acids is 1. The first-order chi connectivity index (χ1) is 5.77. The zero-order valence-corrected chi connectivity index (χ0v) is 7.39. The molecule has 3 heteroatoms. The van der Waals surface area contributed by atoms with Crippen LogP contribution in [-0.2, 0) is 4.79 Å². The monoisotopic (exact) mass is 169 g/mol. The van der Waals surface area contributed by atoms with Crippen molar-refractivity contribution in [3.05, 3.63) is 0 Å². The maximum atomic E-state index is 9.95. The molecule has 0 heterocycles. The Hall–Kier alpha value is -1.01. The van der Waals surface area contributed by atoms with Gasteiger partial charge >= 0.3 is 5.97 Å². The van der Waals surface area contributed by atoms with Crippen molar-refractivity contribution >= 4 is 5.97 Å². The molecule has 3 nitrogen and oxygen atoms in total. The number of unbranched alkanes of at least 4 members (excludes halogenated alkanes) is 1. The van der Waals surface area contributed by atoms with Gasteiger partial charge in [-0.2, -0.15) is 0 Å². The maximum absolute atomic E-state index is 9.95. The fraction of sp³-hybridized carbons (Fsp3) is 0.667. The lowest BCUT2D eigenvalue weighted by atomic mass is 10.3. The molecule has 0 aromatic carbocycles. The van der Waals surface area contributed by atoms with Crippen LogP contribution in [0.4, 0.5) is 0 Å². The van der Waals surface area contributed by atoms with Crippen molar-refractivity contribution in [2.24, 2.45) is 0 Å². The molecule has 0 fully saturated rings. The molecule has 68 valence electrons. The average molecular weight is 169 g/mol. The number of carboxylic acid groups (broad SMARTS) is 1. The van der Waals surface area contributed by atoms with E-state index in [9.17, 15) is 4.79 Å². The van der Waals surface area contributed by atoms with E-state index in [2.05, 4.69) is 24.1 Å². The smallest absolute Gasteiger partial charge is 0.381 e. The third-order valence-electron chi connectivity index (χ3n) is 1.28. The zero-order valence-electron chi connectivity index (χ0n) is 7.39. The van der Waals surface area contributed by atoms with Crippen molar-refractivity contribution in [3.63, 3.8) is 0 Å². The first kappa shape index (κ1) is 11.0. The van der Waals surface area contributed by atoms with E-state index in [0.717, 1.165) is 25.9 Å². The normalized spacial score (nSPS) is 8.75. The van der Waals surface area contributed by atoms with Crippen molar-refractivity contribution in [1.29, 1.82) is 0 Å². The summed E-state index contributed by atoms with van der Waals surface area (Å²) in [5.41, 5.74) is 0. The molecule has 0 spiro atoms. The van der Waals surface area contributed by atoms with Crippen molar-refractivity contribution < 1.29 is 9.90 Å². The zero-order chi connectivity index (χ0) is 9.23. The maximum Gasteiger partial charge on any atom is 0.381 e. The summed E-state index contributed by atoms with van der Waals surface area (Å²) in [5.74, 6) is 3.60. The molecule has 0 aromatic rings. The van der Waals surface area contributed by atoms with Crippen LogP contribution in [0, 0.1) is 11.8 Å². The molecule has 0 aliphatic rings. The quantitative estimate of drug-likeness (QED) is 0.474. The minimum Gasteiger partial charge on any atom is -0.472 e. The number of hydrogen-bond donors (Lipinski definition) is 2. The van der Waals surface area contributed by atoms with Crippen LogP contribution in [0.2, 0.25) is 0 Å². The van der Waals surface area contributed by atoms with E-state index in [1.165, 1.54) is 0 Å². The lowest BCUT2D eigenvalue weighted by Gasteiger charge is -1.98. The summed E-state index contributed by atoms with van der Waals surface area (Å²) < 4.78 is 0. The van der Waals surface area contributed by atoms with Gasteiger partial charge in [0.2, 0.25) is 0 Å². The first-order valence-corrected chi connectivity index (χ1v) is 4.20. The largest absolute Gasteiger partial charge is 0.472 e. The lowest BCUT2D eigenvalue weighted by molar-refractivity contribution is -0.130. The molecule has 0 amide bonds. The molecule has 0 unspecified atom stereocenters. The van der Waals surface area contributed by atoms with Crippen molar-refractivity contribution in [1.82, 2.24) is 5.32 Å². The van der Waals surface area contributed by atoms with Crippen molar-refractivity contribution in [2.45, 2.75) is 26.2 Å². The molecular formula is C9H15NO2. The summed E-state index contributed by atoms with van der Waals surface area (Å²) in [7, 11) is 0. The van der Waals surface area contributed by atoms with Crippen LogP contribution >= 0.6 is 0 Å². The van der Waals surface area contributed by atoms with E-state index in [1.54, 1.807) is 0 Å². The van der Waals surface area contributed by atoms with Crippen LogP contribution in [0.3, 0.4) is 0 Å². The van der Waals surface area contributed by atoms with E-state index < -0.39 is 5.97 Å². The summed E-state index contributed by atoms with van der Waals surface area (Å²) in [6.07, 6.45) is 2.70. The third-order valence-corrected chi connectivity index (χ3v) is 1.28. The third kappa shape index (κ3) is 8.99. The van der Waals surface area contributed by atoms with Gasteiger partial charge in [-0.25, -0.2) is 4.79 Å². The standard InChI is InChI=1S/C9H15NO2/c1-2-7-10-8-5-3-4-6-9(11)12/h10H,2-3,5,7-8H2,1H3,(H,11,12). The summed E-state index contributed by atoms with van der Waals surface area (Å²) >= 11 is 0. The number of rotatable bonds is 5. The Morgan fingerprint density at radius 2 is 2.25 bits per heavy atom. The summed E-state index contributed by atoms with van der Waals surface area (Å²) in [4.78, 5) is 9.95. The minimum absolute atomic E-state index is 0.656. The van der Waals surface area contributed by atoms with Crippen LogP contribution in [0.25, 0.3) is 0 Å². The van der Waals surface area contributed by atoms with Crippen LogP contribution in [-0.4, -0.2) is 24.2 Å². The minimum atomic E-state index is -1.04. The number of carbonyl (C=O) groups is 1. The van der Waals surface area contributed by atoms with Gasteiger partial charge in [0.1, 0.15) is 0 Å². The van der Waals surface area contributed by atoms with Gasteiger partial charge in [-0.1, -0.05) is 12.8 Å². The van der Waals surface area contributed by atoms with E-state index >= 15 is 0 Å². The highest BCUT2D eigenvalue weighted by molar-refractivity contribution is 5.86. The molecule has 2 N–H and O–H groups in total. The molecule has 0 aliphatic heterocycles. The Bertz CT molecular complexity index is 179. The van der Waals surface area contributed by atoms with Gasteiger partial charge in [-0.15, -0.1) is 0 Å². The van der Waals surface area contributed by atoms with Crippen LogP contribution < -0.4 is 5.32 Å². The molecule has 0 atom stereocenters. The summed E-state index contributed by atoms with van der Waals surface area (Å²) in [6.45, 7) is 4.05. The highest BCUT2D eigenvalue weighted by Gasteiger charge is 1.85. The Labute approximate surface area is 73.2 Å². The molecule has 0 rings (SSSR count). The van der Waals surface area contributed by atoms with Gasteiger partial charge in [-0.3, -0.25) is 0 Å². The fourth-order valence-corrected chi connectivity index (χ4v) is 0.742. The van der Waals surface area contributed by atoms with Gasteiger partial charge in [0.25, 0.3) is 0 Å². The van der Waals surface area contributed by atoms with Gasteiger partial charge in [-0.05, 0) is 25.9 Å². The van der Waals surface area contributed by atoms with E-state index in [-0.39, 0.29) is 0 Å². The number of nitrogens with one attached hydrogen (secondary N) is 1. The Balaban J connectivity index is 3.12. The topological polar surface area (TPSA) is 49.3 Å². The van der Waals surface area contributed by atoms with E-state index in [4.69, 9.17) is 5.11 Å². The van der Waals surface area contributed by atoms with Gasteiger partial charge in [0.15, 0.2) is 0 Å². The molecule has 0 saturated carbocycles. The second-order valence-electron chi connectivity index (χ2n) is 2.46. The lowest BCUT2D eigenvalue weighted by Crippen LogP contribution is -2.15. The van der Waals surface area contributed by atoms with Crippen LogP contribution in [0.15, 0.2) is 0 Å². The van der Waals surface area contributed by atoms with Crippen molar-refractivity contribution in [3.8, 4) is 11.8 Å². The highest BCUT2D eigenvalue weighted by Crippen LogP contribution is 1.83. The highest BCUT2D eigenvalue weighted by atomic mass is 16.4. The second kappa shape index (κ2) is 8.09. The van der Waals surface area contributed by atoms with Gasteiger partial charge < -0.3 is 10.4 Å². The summed E-state index contributed by atoms with van der Waals surface area (Å²) in [6, 6.07) is 0. The SMILES string of the molecule is CCCNCCCC#CC(=O)O. The molecule has 0 saturated heterocycles. The Morgan fingerprint density at radius 3 is 2.83 bits per heavy atom. The molecule has 0 bridgehead atoms. The Kier molecular flexibility index (Phi) is 7.41. The predicted octanol–water partition coefficient (Wildman–Crippen LogP) is 0.854. The van der Waals surface area contributed by atoms with Gasteiger partial charge in [0.05, 0.1) is 0 Å². The second-order valence-corrected chi connectivity index (χ2v) is 2.46. The molecule has 0 aromatic heterocycles. The number of carboxylic acids is 1. The van der Waals surface area contributed by atoms with Crippen molar-refractivity contribution in [2.75, 3.05) is 13.1 Å². The first-order valence-electron chi connectivity index (χ1n) is 4.20. The van der Waals surface area contributed by atoms with E-state index in [0.29, 0.717) is 6.42 Å². The average Bonchev–Trinajstić information content (AvgIpc) is 2.02. The fourth-order valence-electron chi connectivity index (χ4n) is 0.742. The van der Waals surface area contributed by atoms with Crippen LogP contribution in [0.1, 0.15) is 26.2 Å². The molecular weight excluding hydrogens is 154 g/mol. The van der Waals surface area contributed by atoms with Crippen LogP contribution in [0.5, 0.6) is 0 Å². The molecule has 0 aliphatic carbocycles. The molecule has 12 heavy (non-hydrogen) atoms.